The molecule has 2 atom stereocenters. The van der Waals surface area contributed by atoms with E-state index >= 15 is 0 Å². The van der Waals surface area contributed by atoms with Gasteiger partial charge in [0, 0.05) is 22.9 Å². The zero-order chi connectivity index (χ0) is 28.6. The molecule has 0 radical (unpaired) electrons. The third-order valence-corrected chi connectivity index (χ3v) is 7.24. The molecule has 0 bridgehead atoms. The summed E-state index contributed by atoms with van der Waals surface area (Å²) in [5.41, 5.74) is 1.07. The van der Waals surface area contributed by atoms with E-state index in [1.54, 1.807) is 43.3 Å². The first-order chi connectivity index (χ1) is 19.4. The van der Waals surface area contributed by atoms with Crippen LogP contribution in [0.15, 0.2) is 42.5 Å². The lowest BCUT2D eigenvalue weighted by molar-refractivity contribution is -0.145. The van der Waals surface area contributed by atoms with Crippen molar-refractivity contribution in [2.24, 2.45) is 5.92 Å². The van der Waals surface area contributed by atoms with Crippen molar-refractivity contribution in [1.82, 2.24) is 4.98 Å². The highest BCUT2D eigenvalue weighted by atomic mass is 19.1. The van der Waals surface area contributed by atoms with Crippen molar-refractivity contribution in [2.75, 3.05) is 19.8 Å². The van der Waals surface area contributed by atoms with Gasteiger partial charge in [0.1, 0.15) is 17.2 Å². The van der Waals surface area contributed by atoms with E-state index in [9.17, 15) is 18.8 Å². The predicted molar refractivity (Wildman–Crippen MR) is 150 cm³/mol. The molecule has 8 heteroatoms. The summed E-state index contributed by atoms with van der Waals surface area (Å²) >= 11 is 0. The molecule has 0 saturated carbocycles. The van der Waals surface area contributed by atoms with E-state index in [-0.39, 0.29) is 59.7 Å². The second-order valence-corrected chi connectivity index (χ2v) is 10.0. The number of ether oxygens (including phenoxy) is 3. The van der Waals surface area contributed by atoms with E-state index < -0.39 is 11.7 Å². The van der Waals surface area contributed by atoms with E-state index in [2.05, 4.69) is 18.8 Å². The number of aromatic nitrogens is 1. The van der Waals surface area contributed by atoms with E-state index in [1.165, 1.54) is 6.07 Å². The van der Waals surface area contributed by atoms with Gasteiger partial charge in [0.15, 0.2) is 23.1 Å². The standard InChI is InChI=1S/C32H36FNO6/c1-4-7-9-20(5-2)19-40-27(35)10-8-17-39-22-13-14-23-24(18-22)31(37)28(30(23)36)26-16-12-21-11-15-25(33)32(38-6-3)29(21)34-26/h11-16,18,20,28H,4-10,17,19H2,1-3H3. The van der Waals surface area contributed by atoms with Crippen LogP contribution in [0.3, 0.4) is 0 Å². The van der Waals surface area contributed by atoms with Crippen LogP contribution in [0.1, 0.15) is 91.6 Å². The number of nitrogens with zero attached hydrogens (tertiary/aromatic N) is 1. The van der Waals surface area contributed by atoms with Crippen molar-refractivity contribution in [3.8, 4) is 11.5 Å². The zero-order valence-corrected chi connectivity index (χ0v) is 23.3. The molecule has 2 aromatic carbocycles. The van der Waals surface area contributed by atoms with Crippen LogP contribution < -0.4 is 9.47 Å². The van der Waals surface area contributed by atoms with Crippen molar-refractivity contribution in [1.29, 1.82) is 0 Å². The number of rotatable bonds is 14. The Morgan fingerprint density at radius 3 is 2.50 bits per heavy atom. The summed E-state index contributed by atoms with van der Waals surface area (Å²) in [7, 11) is 0. The molecule has 7 nitrogen and oxygen atoms in total. The summed E-state index contributed by atoms with van der Waals surface area (Å²) in [4.78, 5) is 43.1. The molecule has 1 aliphatic rings. The number of halogens is 1. The van der Waals surface area contributed by atoms with Gasteiger partial charge in [-0.15, -0.1) is 0 Å². The highest BCUT2D eigenvalue weighted by Gasteiger charge is 2.41. The minimum Gasteiger partial charge on any atom is -0.494 e. The number of ketones is 2. The minimum absolute atomic E-state index is 0.00139. The van der Waals surface area contributed by atoms with E-state index in [0.717, 1.165) is 25.7 Å². The fourth-order valence-corrected chi connectivity index (χ4v) is 4.91. The quantitative estimate of drug-likeness (QED) is 0.123. The number of pyridine rings is 1. The number of fused-ring (bicyclic) bond motifs is 2. The number of hydrogen-bond donors (Lipinski definition) is 0. The number of Topliss-reactive ketones (excluding diaryl/α,β-unsaturated/α-hetero) is 2. The Kier molecular flexibility index (Phi) is 9.85. The third-order valence-electron chi connectivity index (χ3n) is 7.24. The Morgan fingerprint density at radius 1 is 0.975 bits per heavy atom. The smallest absolute Gasteiger partial charge is 0.305 e. The molecule has 0 spiro atoms. The maximum absolute atomic E-state index is 14.4. The second-order valence-electron chi connectivity index (χ2n) is 10.0. The average Bonchev–Trinajstić information content (AvgIpc) is 3.21. The molecule has 4 rings (SSSR count). The van der Waals surface area contributed by atoms with Gasteiger partial charge < -0.3 is 14.2 Å². The van der Waals surface area contributed by atoms with Crippen molar-refractivity contribution >= 4 is 28.4 Å². The molecule has 0 amide bonds. The Labute approximate surface area is 234 Å². The molecule has 2 unspecified atom stereocenters. The summed E-state index contributed by atoms with van der Waals surface area (Å²) in [5, 5.41) is 0.644. The van der Waals surface area contributed by atoms with Crippen LogP contribution in [-0.4, -0.2) is 42.3 Å². The first-order valence-electron chi connectivity index (χ1n) is 14.1. The maximum atomic E-state index is 14.4. The summed E-state index contributed by atoms with van der Waals surface area (Å²) in [6, 6.07) is 11.0. The molecular weight excluding hydrogens is 513 g/mol. The summed E-state index contributed by atoms with van der Waals surface area (Å²) in [6.45, 7) is 6.96. The van der Waals surface area contributed by atoms with Crippen molar-refractivity contribution in [3.63, 3.8) is 0 Å². The van der Waals surface area contributed by atoms with Gasteiger partial charge in [-0.1, -0.05) is 39.2 Å². The van der Waals surface area contributed by atoms with Gasteiger partial charge in [0.2, 0.25) is 0 Å². The van der Waals surface area contributed by atoms with Gasteiger partial charge in [-0.2, -0.15) is 0 Å². The van der Waals surface area contributed by atoms with Crippen molar-refractivity contribution in [3.05, 3.63) is 65.1 Å². The van der Waals surface area contributed by atoms with Crippen molar-refractivity contribution < 1.29 is 33.0 Å². The summed E-state index contributed by atoms with van der Waals surface area (Å²) in [5.74, 6) is -1.83. The van der Waals surface area contributed by atoms with E-state index in [0.29, 0.717) is 35.6 Å². The lowest BCUT2D eigenvalue weighted by atomic mass is 9.98. The maximum Gasteiger partial charge on any atom is 0.305 e. The Morgan fingerprint density at radius 2 is 1.75 bits per heavy atom. The molecule has 212 valence electrons. The van der Waals surface area contributed by atoms with Crippen LogP contribution >= 0.6 is 0 Å². The number of esters is 1. The SMILES string of the molecule is CCCCC(CC)COC(=O)CCCOc1ccc2c(c1)C(=O)C(c1ccc3ccc(F)c(OCC)c3n1)C2=O. The second kappa shape index (κ2) is 13.5. The molecular formula is C32H36FNO6. The Hall–Kier alpha value is -3.81. The molecule has 1 aliphatic carbocycles. The summed E-state index contributed by atoms with van der Waals surface area (Å²) in [6.07, 6.45) is 5.02. The van der Waals surface area contributed by atoms with Gasteiger partial charge in [0.05, 0.1) is 25.5 Å². The number of carbonyl (C=O) groups is 3. The van der Waals surface area contributed by atoms with Crippen LogP contribution in [0.5, 0.6) is 11.5 Å². The molecule has 1 aromatic heterocycles. The van der Waals surface area contributed by atoms with E-state index in [4.69, 9.17) is 14.2 Å². The fraction of sp³-hybridized carbons (Fsp3) is 0.438. The average molecular weight is 550 g/mol. The first-order valence-corrected chi connectivity index (χ1v) is 14.1. The lowest BCUT2D eigenvalue weighted by Crippen LogP contribution is -2.14. The number of carbonyl (C=O) groups excluding carboxylic acids is 3. The van der Waals surface area contributed by atoms with Crippen LogP contribution in [0, 0.1) is 11.7 Å². The largest absolute Gasteiger partial charge is 0.494 e. The number of benzene rings is 2. The minimum atomic E-state index is -1.12. The highest BCUT2D eigenvalue weighted by molar-refractivity contribution is 6.29. The number of hydrogen-bond acceptors (Lipinski definition) is 7. The van der Waals surface area contributed by atoms with Gasteiger partial charge >= 0.3 is 5.97 Å². The molecule has 0 N–H and O–H groups in total. The predicted octanol–water partition coefficient (Wildman–Crippen LogP) is 6.85. The number of unbranched alkanes of at least 4 members (excludes halogenated alkanes) is 1. The van der Waals surface area contributed by atoms with Crippen LogP contribution in [0.4, 0.5) is 4.39 Å². The van der Waals surface area contributed by atoms with Gasteiger partial charge in [-0.05, 0) is 62.1 Å². The van der Waals surface area contributed by atoms with Crippen LogP contribution in [0.2, 0.25) is 0 Å². The van der Waals surface area contributed by atoms with Crippen LogP contribution in [0.25, 0.3) is 10.9 Å². The van der Waals surface area contributed by atoms with Gasteiger partial charge in [-0.25, -0.2) is 9.37 Å². The molecule has 0 aliphatic heterocycles. The molecule has 1 heterocycles. The normalized spacial score (nSPS) is 15.2. The zero-order valence-electron chi connectivity index (χ0n) is 23.3. The Balaban J connectivity index is 1.38. The van der Waals surface area contributed by atoms with E-state index in [1.807, 2.05) is 0 Å². The monoisotopic (exact) mass is 549 g/mol. The lowest BCUT2D eigenvalue weighted by Gasteiger charge is -2.14. The molecule has 3 aromatic rings. The van der Waals surface area contributed by atoms with Crippen LogP contribution in [-0.2, 0) is 9.53 Å². The first kappa shape index (κ1) is 29.2. The molecule has 40 heavy (non-hydrogen) atoms. The van der Waals surface area contributed by atoms with Crippen molar-refractivity contribution in [2.45, 2.75) is 65.2 Å². The molecule has 0 fully saturated rings. The topological polar surface area (TPSA) is 91.8 Å². The molecule has 0 saturated heterocycles. The van der Waals surface area contributed by atoms with Gasteiger partial charge in [0.25, 0.3) is 0 Å². The fourth-order valence-electron chi connectivity index (χ4n) is 4.91. The Bertz CT molecular complexity index is 1390. The summed E-state index contributed by atoms with van der Waals surface area (Å²) < 4.78 is 31.0. The highest BCUT2D eigenvalue weighted by Crippen LogP contribution is 2.37. The third kappa shape index (κ3) is 6.49. The van der Waals surface area contributed by atoms with Gasteiger partial charge in [-0.3, -0.25) is 14.4 Å².